The third-order valence-electron chi connectivity index (χ3n) is 5.69. The van der Waals surface area contributed by atoms with E-state index in [0.717, 1.165) is 17.7 Å². The van der Waals surface area contributed by atoms with Crippen LogP contribution in [0.1, 0.15) is 42.6 Å². The molecule has 0 aliphatic carbocycles. The maximum Gasteiger partial charge on any atom is 0.416 e. The second-order valence-corrected chi connectivity index (χ2v) is 8.54. The highest BCUT2D eigenvalue weighted by molar-refractivity contribution is 9.10. The molecule has 162 valence electrons. The average Bonchev–Trinajstić information content (AvgIpc) is 2.72. The van der Waals surface area contributed by atoms with Crippen LogP contribution in [0.2, 0.25) is 0 Å². The molecular formula is C22H22BrF3NO3-. The van der Waals surface area contributed by atoms with Crippen LogP contribution in [-0.2, 0) is 16.3 Å². The lowest BCUT2D eigenvalue weighted by Gasteiger charge is -2.43. The van der Waals surface area contributed by atoms with Gasteiger partial charge in [0.25, 0.3) is 0 Å². The summed E-state index contributed by atoms with van der Waals surface area (Å²) in [7, 11) is 0. The molecule has 0 N–H and O–H groups in total. The number of alkyl halides is 3. The molecule has 1 saturated heterocycles. The standard InChI is InChI=1S/C22H23BrF3NO3/c1-15(16-11-18(22(24,25)26)13-19(23)12-16)30-14-21(17-5-3-2-4-6-17)7-9-27(10-8-21)20(28)29/h2-6,11-13,15H,7-10,14H2,1H3,(H,28,29)/p-1. The first kappa shape index (κ1) is 22.6. The van der Waals surface area contributed by atoms with Crippen LogP contribution in [0.5, 0.6) is 0 Å². The predicted octanol–water partition coefficient (Wildman–Crippen LogP) is 4.92. The Morgan fingerprint density at radius 1 is 1.20 bits per heavy atom. The molecule has 1 unspecified atom stereocenters. The Morgan fingerprint density at radius 3 is 2.40 bits per heavy atom. The van der Waals surface area contributed by atoms with E-state index in [1.54, 1.807) is 13.0 Å². The topological polar surface area (TPSA) is 52.6 Å². The lowest BCUT2D eigenvalue weighted by atomic mass is 9.73. The van der Waals surface area contributed by atoms with Crippen molar-refractivity contribution < 1.29 is 27.8 Å². The van der Waals surface area contributed by atoms with Crippen molar-refractivity contribution in [1.82, 2.24) is 4.90 Å². The molecule has 1 fully saturated rings. The first-order valence-corrected chi connectivity index (χ1v) is 10.4. The van der Waals surface area contributed by atoms with Gasteiger partial charge in [-0.1, -0.05) is 46.3 Å². The van der Waals surface area contributed by atoms with Crippen LogP contribution in [0, 0.1) is 0 Å². The van der Waals surface area contributed by atoms with E-state index in [1.807, 2.05) is 30.3 Å². The Bertz CT molecular complexity index is 881. The molecule has 8 heteroatoms. The number of likely N-dealkylation sites (tertiary alicyclic amines) is 1. The highest BCUT2D eigenvalue weighted by Crippen LogP contribution is 2.38. The summed E-state index contributed by atoms with van der Waals surface area (Å²) in [6, 6.07) is 13.4. The quantitative estimate of drug-likeness (QED) is 0.604. The molecule has 3 rings (SSSR count). The third kappa shape index (κ3) is 5.16. The summed E-state index contributed by atoms with van der Waals surface area (Å²) in [5, 5.41) is 11.2. The molecule has 1 aliphatic rings. The van der Waals surface area contributed by atoms with Gasteiger partial charge >= 0.3 is 6.18 Å². The van der Waals surface area contributed by atoms with Gasteiger partial charge in [0.05, 0.1) is 18.3 Å². The zero-order chi connectivity index (χ0) is 21.9. The molecule has 30 heavy (non-hydrogen) atoms. The van der Waals surface area contributed by atoms with E-state index in [-0.39, 0.29) is 6.61 Å². The number of benzene rings is 2. The van der Waals surface area contributed by atoms with Crippen LogP contribution in [-0.4, -0.2) is 30.7 Å². The first-order chi connectivity index (χ1) is 14.1. The summed E-state index contributed by atoms with van der Waals surface area (Å²) >= 11 is 3.15. The van der Waals surface area contributed by atoms with Gasteiger partial charge in [-0.15, -0.1) is 0 Å². The summed E-state index contributed by atoms with van der Waals surface area (Å²) in [5.41, 5.74) is 0.301. The molecule has 0 aromatic heterocycles. The SMILES string of the molecule is CC(OCC1(c2ccccc2)CCN(C(=O)[O-])CC1)c1cc(Br)cc(C(F)(F)F)c1. The van der Waals surface area contributed by atoms with Crippen molar-refractivity contribution in [2.75, 3.05) is 19.7 Å². The molecule has 1 heterocycles. The minimum Gasteiger partial charge on any atom is -0.530 e. The average molecular weight is 485 g/mol. The van der Waals surface area contributed by atoms with E-state index in [4.69, 9.17) is 4.74 Å². The minimum absolute atomic E-state index is 0.271. The van der Waals surface area contributed by atoms with Crippen molar-refractivity contribution >= 4 is 22.0 Å². The van der Waals surface area contributed by atoms with E-state index in [1.165, 1.54) is 4.90 Å². The molecule has 4 nitrogen and oxygen atoms in total. The zero-order valence-corrected chi connectivity index (χ0v) is 18.0. The van der Waals surface area contributed by atoms with E-state index in [2.05, 4.69) is 15.9 Å². The molecule has 0 saturated carbocycles. The smallest absolute Gasteiger partial charge is 0.416 e. The Balaban J connectivity index is 1.80. The second kappa shape index (κ2) is 8.98. The van der Waals surface area contributed by atoms with Crippen molar-refractivity contribution in [2.45, 2.75) is 37.5 Å². The van der Waals surface area contributed by atoms with Crippen molar-refractivity contribution in [3.05, 3.63) is 69.7 Å². The van der Waals surface area contributed by atoms with Gasteiger partial charge in [0, 0.05) is 23.0 Å². The normalized spacial score (nSPS) is 17.6. The maximum absolute atomic E-state index is 13.2. The Kier molecular flexibility index (Phi) is 6.77. The monoisotopic (exact) mass is 484 g/mol. The number of carbonyl (C=O) groups is 1. The van der Waals surface area contributed by atoms with Gasteiger partial charge < -0.3 is 19.5 Å². The summed E-state index contributed by atoms with van der Waals surface area (Å²) in [5.74, 6) is 0. The number of nitrogens with zero attached hydrogens (tertiary/aromatic N) is 1. The van der Waals surface area contributed by atoms with Crippen molar-refractivity contribution in [3.63, 3.8) is 0 Å². The number of ether oxygens (including phenoxy) is 1. The number of rotatable bonds is 5. The van der Waals surface area contributed by atoms with Gasteiger partial charge in [-0.25, -0.2) is 0 Å². The molecule has 0 bridgehead atoms. The van der Waals surface area contributed by atoms with E-state index in [9.17, 15) is 23.1 Å². The van der Waals surface area contributed by atoms with Gasteiger partial charge in [0.15, 0.2) is 0 Å². The summed E-state index contributed by atoms with van der Waals surface area (Å²) < 4.78 is 45.9. The third-order valence-corrected chi connectivity index (χ3v) is 6.15. The largest absolute Gasteiger partial charge is 0.530 e. The molecule has 1 amide bonds. The molecule has 0 spiro atoms. The van der Waals surface area contributed by atoms with Crippen molar-refractivity contribution in [2.24, 2.45) is 0 Å². The van der Waals surface area contributed by atoms with Crippen LogP contribution in [0.25, 0.3) is 0 Å². The molecule has 1 atom stereocenters. The number of hydrogen-bond donors (Lipinski definition) is 0. The van der Waals surface area contributed by atoms with Crippen LogP contribution < -0.4 is 5.11 Å². The summed E-state index contributed by atoms with van der Waals surface area (Å²) in [4.78, 5) is 12.5. The lowest BCUT2D eigenvalue weighted by molar-refractivity contribution is -0.267. The first-order valence-electron chi connectivity index (χ1n) is 9.61. The van der Waals surface area contributed by atoms with Gasteiger partial charge in [0.2, 0.25) is 0 Å². The Labute approximate surface area is 181 Å². The number of halogens is 4. The van der Waals surface area contributed by atoms with Gasteiger partial charge in [-0.05, 0) is 49.1 Å². The molecule has 2 aromatic rings. The van der Waals surface area contributed by atoms with Gasteiger partial charge in [-0.2, -0.15) is 13.2 Å². The fraction of sp³-hybridized carbons (Fsp3) is 0.409. The predicted molar refractivity (Wildman–Crippen MR) is 108 cm³/mol. The number of hydrogen-bond acceptors (Lipinski definition) is 3. The van der Waals surface area contributed by atoms with Gasteiger partial charge in [0.1, 0.15) is 6.09 Å². The minimum atomic E-state index is -4.44. The van der Waals surface area contributed by atoms with Crippen LogP contribution >= 0.6 is 15.9 Å². The zero-order valence-electron chi connectivity index (χ0n) is 16.4. The maximum atomic E-state index is 13.2. The van der Waals surface area contributed by atoms with Crippen molar-refractivity contribution in [3.8, 4) is 0 Å². The Morgan fingerprint density at radius 2 is 1.83 bits per heavy atom. The number of piperidine rings is 1. The number of carbonyl (C=O) groups excluding carboxylic acids is 1. The van der Waals surface area contributed by atoms with E-state index in [0.29, 0.717) is 36.0 Å². The molecular weight excluding hydrogens is 463 g/mol. The van der Waals surface area contributed by atoms with E-state index >= 15 is 0 Å². The van der Waals surface area contributed by atoms with Gasteiger partial charge in [-0.3, -0.25) is 0 Å². The van der Waals surface area contributed by atoms with Crippen molar-refractivity contribution in [1.29, 1.82) is 0 Å². The highest BCUT2D eigenvalue weighted by atomic mass is 79.9. The summed E-state index contributed by atoms with van der Waals surface area (Å²) in [6.07, 6.45) is -5.11. The number of carboxylic acid groups (broad SMARTS) is 1. The molecule has 1 aliphatic heterocycles. The van der Waals surface area contributed by atoms with Crippen LogP contribution in [0.3, 0.4) is 0 Å². The Hall–Kier alpha value is -2.06. The molecule has 2 aromatic carbocycles. The lowest BCUT2D eigenvalue weighted by Crippen LogP contribution is -2.51. The second-order valence-electron chi connectivity index (χ2n) is 7.62. The van der Waals surface area contributed by atoms with E-state index < -0.39 is 29.4 Å². The van der Waals surface area contributed by atoms with Crippen LogP contribution in [0.15, 0.2) is 53.0 Å². The highest BCUT2D eigenvalue weighted by Gasteiger charge is 2.37. The molecule has 0 radical (unpaired) electrons. The fourth-order valence-corrected chi connectivity index (χ4v) is 4.33. The fourth-order valence-electron chi connectivity index (χ4n) is 3.82. The summed E-state index contributed by atoms with van der Waals surface area (Å²) in [6.45, 7) is 2.64. The van der Waals surface area contributed by atoms with Crippen LogP contribution in [0.4, 0.5) is 18.0 Å². The number of amides is 1.